The smallest absolute Gasteiger partial charge is 0.114 e. The highest BCUT2D eigenvalue weighted by Gasteiger charge is 2.37. The zero-order valence-corrected chi connectivity index (χ0v) is 7.81. The van der Waals surface area contributed by atoms with Crippen LogP contribution in [0.5, 0.6) is 0 Å². The largest absolute Gasteiger partial charge is 0.293 e. The van der Waals surface area contributed by atoms with Crippen molar-refractivity contribution < 1.29 is 4.39 Å². The second-order valence-corrected chi connectivity index (χ2v) is 4.22. The monoisotopic (exact) mass is 169 g/mol. The Kier molecular flexibility index (Phi) is 1.95. The lowest BCUT2D eigenvalue weighted by Crippen LogP contribution is -2.22. The van der Waals surface area contributed by atoms with Crippen LogP contribution in [0, 0.1) is 0 Å². The van der Waals surface area contributed by atoms with Crippen LogP contribution in [0.1, 0.15) is 26.7 Å². The third-order valence-corrected chi connectivity index (χ3v) is 3.06. The van der Waals surface area contributed by atoms with Gasteiger partial charge in [-0.25, -0.2) is 4.39 Å². The van der Waals surface area contributed by atoms with Crippen molar-refractivity contribution in [3.8, 4) is 0 Å². The van der Waals surface area contributed by atoms with Crippen LogP contribution in [0.2, 0.25) is 0 Å². The molecule has 0 aliphatic carbocycles. The van der Waals surface area contributed by atoms with E-state index in [0.29, 0.717) is 12.6 Å². The first kappa shape index (κ1) is 8.24. The summed E-state index contributed by atoms with van der Waals surface area (Å²) in [5, 5.41) is 0. The number of nitrogens with zero attached hydrogens (tertiary/aromatic N) is 1. The van der Waals surface area contributed by atoms with Crippen molar-refractivity contribution in [1.82, 2.24) is 4.90 Å². The number of rotatable bonds is 0. The van der Waals surface area contributed by atoms with Gasteiger partial charge in [0.1, 0.15) is 6.17 Å². The summed E-state index contributed by atoms with van der Waals surface area (Å²) in [5.74, 6) is 0. The van der Waals surface area contributed by atoms with Gasteiger partial charge in [0.05, 0.1) is 0 Å². The standard InChI is InChI=1S/C10H16FN/c1-7(2)8-3-10-4-9(11)6-12(10)5-8/h9-10H,3-6H2,1-2H3/t9-,10-/m1/s1. The number of hydrogen-bond donors (Lipinski definition) is 0. The summed E-state index contributed by atoms with van der Waals surface area (Å²) >= 11 is 0. The molecule has 68 valence electrons. The van der Waals surface area contributed by atoms with Crippen molar-refractivity contribution in [3.63, 3.8) is 0 Å². The van der Waals surface area contributed by atoms with Crippen molar-refractivity contribution in [2.24, 2.45) is 0 Å². The van der Waals surface area contributed by atoms with Crippen molar-refractivity contribution in [2.75, 3.05) is 13.1 Å². The van der Waals surface area contributed by atoms with Crippen LogP contribution in [0.25, 0.3) is 0 Å². The summed E-state index contributed by atoms with van der Waals surface area (Å²) in [6, 6.07) is 0.518. The molecule has 2 heterocycles. The third kappa shape index (κ3) is 1.28. The van der Waals surface area contributed by atoms with Crippen molar-refractivity contribution in [1.29, 1.82) is 0 Å². The van der Waals surface area contributed by atoms with Crippen LogP contribution in [-0.4, -0.2) is 30.2 Å². The summed E-state index contributed by atoms with van der Waals surface area (Å²) in [4.78, 5) is 2.28. The fourth-order valence-corrected chi connectivity index (χ4v) is 2.28. The van der Waals surface area contributed by atoms with E-state index in [1.807, 2.05) is 0 Å². The van der Waals surface area contributed by atoms with Crippen LogP contribution in [0.3, 0.4) is 0 Å². The van der Waals surface area contributed by atoms with Gasteiger partial charge in [0.15, 0.2) is 0 Å². The van der Waals surface area contributed by atoms with Crippen LogP contribution in [0.4, 0.5) is 4.39 Å². The van der Waals surface area contributed by atoms with Crippen LogP contribution < -0.4 is 0 Å². The Morgan fingerprint density at radius 2 is 2.25 bits per heavy atom. The van der Waals surface area contributed by atoms with E-state index in [0.717, 1.165) is 19.4 Å². The SMILES string of the molecule is CC(C)=C1C[C@@H]2C[C@@H](F)CN2C1. The minimum absolute atomic E-state index is 0.518. The van der Waals surface area contributed by atoms with Crippen LogP contribution in [0.15, 0.2) is 11.1 Å². The van der Waals surface area contributed by atoms with Gasteiger partial charge < -0.3 is 0 Å². The van der Waals surface area contributed by atoms with Gasteiger partial charge in [-0.2, -0.15) is 0 Å². The van der Waals surface area contributed by atoms with E-state index in [1.165, 1.54) is 11.1 Å². The van der Waals surface area contributed by atoms with E-state index in [9.17, 15) is 4.39 Å². The Morgan fingerprint density at radius 1 is 1.50 bits per heavy atom. The van der Waals surface area contributed by atoms with Gasteiger partial charge in [-0.1, -0.05) is 11.1 Å². The first-order valence-electron chi connectivity index (χ1n) is 4.70. The highest BCUT2D eigenvalue weighted by molar-refractivity contribution is 5.19. The number of hydrogen-bond acceptors (Lipinski definition) is 1. The average molecular weight is 169 g/mol. The lowest BCUT2D eigenvalue weighted by atomic mass is 10.0. The normalized spacial score (nSPS) is 35.8. The minimum Gasteiger partial charge on any atom is -0.293 e. The van der Waals surface area contributed by atoms with Crippen molar-refractivity contribution >= 4 is 0 Å². The van der Waals surface area contributed by atoms with E-state index in [1.54, 1.807) is 0 Å². The summed E-state index contributed by atoms with van der Waals surface area (Å²) in [6.07, 6.45) is 1.31. The molecule has 2 aliphatic heterocycles. The van der Waals surface area contributed by atoms with E-state index in [4.69, 9.17) is 0 Å². The predicted octanol–water partition coefficient (Wildman–Crippen LogP) is 2.14. The maximum absolute atomic E-state index is 12.9. The molecule has 12 heavy (non-hydrogen) atoms. The zero-order valence-electron chi connectivity index (χ0n) is 7.81. The quantitative estimate of drug-likeness (QED) is 0.502. The van der Waals surface area contributed by atoms with E-state index >= 15 is 0 Å². The molecule has 0 saturated carbocycles. The molecule has 1 nitrogen and oxygen atoms in total. The second kappa shape index (κ2) is 2.84. The first-order valence-corrected chi connectivity index (χ1v) is 4.70. The molecular formula is C10H16FN. The molecule has 2 aliphatic rings. The van der Waals surface area contributed by atoms with E-state index in [2.05, 4.69) is 18.7 Å². The lowest BCUT2D eigenvalue weighted by Gasteiger charge is -2.11. The number of alkyl halides is 1. The average Bonchev–Trinajstić information content (AvgIpc) is 2.42. The molecule has 0 aromatic rings. The van der Waals surface area contributed by atoms with Crippen molar-refractivity contribution in [3.05, 3.63) is 11.1 Å². The molecule has 2 saturated heterocycles. The predicted molar refractivity (Wildman–Crippen MR) is 47.9 cm³/mol. The lowest BCUT2D eigenvalue weighted by molar-refractivity contribution is 0.297. The molecule has 0 radical (unpaired) electrons. The fraction of sp³-hybridized carbons (Fsp3) is 0.800. The molecule has 0 spiro atoms. The Morgan fingerprint density at radius 3 is 2.83 bits per heavy atom. The first-order chi connectivity index (χ1) is 5.66. The summed E-state index contributed by atoms with van der Waals surface area (Å²) < 4.78 is 12.9. The van der Waals surface area contributed by atoms with Crippen LogP contribution in [-0.2, 0) is 0 Å². The van der Waals surface area contributed by atoms with Gasteiger partial charge in [0.2, 0.25) is 0 Å². The van der Waals surface area contributed by atoms with Gasteiger partial charge in [0, 0.05) is 19.1 Å². The van der Waals surface area contributed by atoms with Gasteiger partial charge in [-0.15, -0.1) is 0 Å². The molecule has 0 amide bonds. The Balaban J connectivity index is 2.07. The molecule has 2 rings (SSSR count). The number of allylic oxidation sites excluding steroid dienone is 1. The molecular weight excluding hydrogens is 153 g/mol. The maximum atomic E-state index is 12.9. The molecule has 0 bridgehead atoms. The fourth-order valence-electron chi connectivity index (χ4n) is 2.28. The van der Waals surface area contributed by atoms with Gasteiger partial charge in [0.25, 0.3) is 0 Å². The molecule has 0 unspecified atom stereocenters. The summed E-state index contributed by atoms with van der Waals surface area (Å²) in [5.41, 5.74) is 2.96. The maximum Gasteiger partial charge on any atom is 0.114 e. The molecule has 0 aromatic carbocycles. The van der Waals surface area contributed by atoms with E-state index < -0.39 is 6.17 Å². The van der Waals surface area contributed by atoms with Gasteiger partial charge in [-0.05, 0) is 26.7 Å². The Bertz CT molecular complexity index is 202. The van der Waals surface area contributed by atoms with Crippen LogP contribution >= 0.6 is 0 Å². The van der Waals surface area contributed by atoms with Gasteiger partial charge in [-0.3, -0.25) is 4.90 Å². The number of halogens is 1. The number of fused-ring (bicyclic) bond motifs is 1. The van der Waals surface area contributed by atoms with Crippen molar-refractivity contribution in [2.45, 2.75) is 38.9 Å². The zero-order chi connectivity index (χ0) is 8.72. The highest BCUT2D eigenvalue weighted by Crippen LogP contribution is 2.33. The molecule has 2 heteroatoms. The molecule has 2 fully saturated rings. The topological polar surface area (TPSA) is 3.24 Å². The molecule has 0 aromatic heterocycles. The third-order valence-electron chi connectivity index (χ3n) is 3.06. The molecule has 2 atom stereocenters. The Labute approximate surface area is 73.2 Å². The van der Waals surface area contributed by atoms with Gasteiger partial charge >= 0.3 is 0 Å². The molecule has 0 N–H and O–H groups in total. The highest BCUT2D eigenvalue weighted by atomic mass is 19.1. The van der Waals surface area contributed by atoms with E-state index in [-0.39, 0.29) is 0 Å². The Hall–Kier alpha value is -0.370. The summed E-state index contributed by atoms with van der Waals surface area (Å²) in [6.45, 7) is 6.00. The summed E-state index contributed by atoms with van der Waals surface area (Å²) in [7, 11) is 0. The second-order valence-electron chi connectivity index (χ2n) is 4.22. The minimum atomic E-state index is -0.561.